The zero-order valence-corrected chi connectivity index (χ0v) is 16.2. The largest absolute Gasteiger partial charge is 0.359 e. The molecule has 5 rings (SSSR count). The summed E-state index contributed by atoms with van der Waals surface area (Å²) in [4.78, 5) is 26.9. The van der Waals surface area contributed by atoms with Gasteiger partial charge >= 0.3 is 0 Å². The summed E-state index contributed by atoms with van der Waals surface area (Å²) < 4.78 is 0.309. The first-order valence-corrected chi connectivity index (χ1v) is 10.4. The van der Waals surface area contributed by atoms with E-state index in [1.807, 2.05) is 4.90 Å². The average molecular weight is 397 g/mol. The fraction of sp³-hybridized carbons (Fsp3) is 0.895. The Morgan fingerprint density at radius 1 is 1.21 bits per heavy atom. The van der Waals surface area contributed by atoms with Crippen molar-refractivity contribution in [2.24, 2.45) is 23.2 Å². The zero-order valence-electron chi connectivity index (χ0n) is 14.7. The van der Waals surface area contributed by atoms with Gasteiger partial charge in [-0.25, -0.2) is 0 Å². The molecule has 0 aromatic rings. The minimum absolute atomic E-state index is 0.0217. The van der Waals surface area contributed by atoms with Crippen molar-refractivity contribution in [3.8, 4) is 0 Å². The Morgan fingerprint density at radius 2 is 1.92 bits per heavy atom. The number of piperidine rings is 1. The monoisotopic (exact) mass is 396 g/mol. The van der Waals surface area contributed by atoms with Crippen LogP contribution >= 0.6 is 15.9 Å². The highest BCUT2D eigenvalue weighted by Gasteiger charge is 2.57. The van der Waals surface area contributed by atoms with Gasteiger partial charge in [0.15, 0.2) is 0 Å². The zero-order chi connectivity index (χ0) is 16.9. The quantitative estimate of drug-likeness (QED) is 0.745. The van der Waals surface area contributed by atoms with Crippen LogP contribution in [0.2, 0.25) is 0 Å². The van der Waals surface area contributed by atoms with Crippen LogP contribution < -0.4 is 5.32 Å². The highest BCUT2D eigenvalue weighted by Crippen LogP contribution is 2.65. The van der Waals surface area contributed by atoms with Crippen LogP contribution in [0, 0.1) is 23.2 Å². The minimum Gasteiger partial charge on any atom is -0.359 e. The summed E-state index contributed by atoms with van der Waals surface area (Å²) >= 11 is 4.04. The van der Waals surface area contributed by atoms with Gasteiger partial charge in [-0.15, -0.1) is 0 Å². The Kier molecular flexibility index (Phi) is 4.21. The summed E-state index contributed by atoms with van der Waals surface area (Å²) in [5.74, 6) is 1.99. The lowest BCUT2D eigenvalue weighted by atomic mass is 9.48. The van der Waals surface area contributed by atoms with E-state index in [-0.39, 0.29) is 17.2 Å². The Balaban J connectivity index is 1.43. The second-order valence-corrected chi connectivity index (χ2v) is 10.8. The number of carbonyl (C=O) groups is 2. The number of amides is 2. The summed E-state index contributed by atoms with van der Waals surface area (Å²) in [6, 6.07) is 0. The van der Waals surface area contributed by atoms with E-state index < -0.39 is 0 Å². The van der Waals surface area contributed by atoms with Crippen LogP contribution in [0.5, 0.6) is 0 Å². The number of carbonyl (C=O) groups excluding carboxylic acids is 2. The van der Waals surface area contributed by atoms with Gasteiger partial charge < -0.3 is 10.2 Å². The van der Waals surface area contributed by atoms with Gasteiger partial charge in [0.05, 0.1) is 5.92 Å². The Morgan fingerprint density at radius 3 is 2.54 bits per heavy atom. The van der Waals surface area contributed by atoms with E-state index in [9.17, 15) is 9.59 Å². The van der Waals surface area contributed by atoms with Crippen LogP contribution in [0.4, 0.5) is 0 Å². The average Bonchev–Trinajstić information content (AvgIpc) is 2.51. The standard InChI is InChI=1S/C19H29BrN2O2/c1-21-17(24)15-3-2-4-22(11-15)16(23)10-18-6-13-5-14(7-18)9-19(20,8-13)12-18/h13-15H,2-12H2,1H3,(H,21,24). The van der Waals surface area contributed by atoms with Crippen LogP contribution in [-0.2, 0) is 9.59 Å². The number of likely N-dealkylation sites (tertiary alicyclic amines) is 1. The maximum atomic E-state index is 13.0. The molecule has 0 aromatic heterocycles. The number of nitrogens with one attached hydrogen (secondary N) is 1. The number of nitrogens with zero attached hydrogens (tertiary/aromatic N) is 1. The first kappa shape index (κ1) is 16.9. The maximum absolute atomic E-state index is 13.0. The number of hydrogen-bond acceptors (Lipinski definition) is 2. The number of rotatable bonds is 3. The molecule has 1 heterocycles. The topological polar surface area (TPSA) is 49.4 Å². The molecule has 1 saturated heterocycles. The van der Waals surface area contributed by atoms with Gasteiger partial charge in [0.25, 0.3) is 0 Å². The molecule has 1 N–H and O–H groups in total. The van der Waals surface area contributed by atoms with Crippen molar-refractivity contribution in [2.75, 3.05) is 20.1 Å². The van der Waals surface area contributed by atoms with Crippen LogP contribution in [0.1, 0.15) is 57.8 Å². The van der Waals surface area contributed by atoms with Crippen LogP contribution in [-0.4, -0.2) is 41.2 Å². The normalized spacial score (nSPS) is 43.8. The fourth-order valence-electron chi connectivity index (χ4n) is 6.60. The van der Waals surface area contributed by atoms with Gasteiger partial charge in [-0.3, -0.25) is 9.59 Å². The van der Waals surface area contributed by atoms with Crippen molar-refractivity contribution in [1.29, 1.82) is 0 Å². The molecule has 5 aliphatic rings. The van der Waals surface area contributed by atoms with Crippen molar-refractivity contribution in [3.63, 3.8) is 0 Å². The van der Waals surface area contributed by atoms with E-state index in [0.717, 1.165) is 31.2 Å². The highest BCUT2D eigenvalue weighted by molar-refractivity contribution is 9.10. The lowest BCUT2D eigenvalue weighted by Crippen LogP contribution is -2.54. The Labute approximate surface area is 153 Å². The molecule has 0 radical (unpaired) electrons. The van der Waals surface area contributed by atoms with Gasteiger partial charge in [0.1, 0.15) is 0 Å². The van der Waals surface area contributed by atoms with E-state index >= 15 is 0 Å². The first-order chi connectivity index (χ1) is 11.4. The predicted molar refractivity (Wildman–Crippen MR) is 96.8 cm³/mol. The van der Waals surface area contributed by atoms with Crippen LogP contribution in [0.25, 0.3) is 0 Å². The summed E-state index contributed by atoms with van der Waals surface area (Å²) in [7, 11) is 1.69. The molecule has 1 aliphatic heterocycles. The molecule has 134 valence electrons. The third-order valence-electron chi connectivity index (χ3n) is 7.03. The van der Waals surface area contributed by atoms with Crippen molar-refractivity contribution >= 4 is 27.7 Å². The van der Waals surface area contributed by atoms with Crippen LogP contribution in [0.3, 0.4) is 0 Å². The summed E-state index contributed by atoms with van der Waals surface area (Å²) in [6.45, 7) is 1.44. The molecule has 5 fully saturated rings. The van der Waals surface area contributed by atoms with Gasteiger partial charge in [-0.1, -0.05) is 15.9 Å². The third-order valence-corrected chi connectivity index (χ3v) is 7.96. The van der Waals surface area contributed by atoms with E-state index in [2.05, 4.69) is 21.2 Å². The second-order valence-electron chi connectivity index (χ2n) is 9.08. The summed E-state index contributed by atoms with van der Waals surface area (Å²) in [6.07, 6.45) is 10.2. The van der Waals surface area contributed by atoms with E-state index in [4.69, 9.17) is 0 Å². The van der Waals surface area contributed by atoms with E-state index in [0.29, 0.717) is 23.2 Å². The molecule has 4 nitrogen and oxygen atoms in total. The lowest BCUT2D eigenvalue weighted by Gasteiger charge is -2.60. The minimum atomic E-state index is -0.0217. The third kappa shape index (κ3) is 3.02. The Hall–Kier alpha value is -0.580. The lowest BCUT2D eigenvalue weighted by molar-refractivity contribution is -0.141. The summed E-state index contributed by atoms with van der Waals surface area (Å²) in [5, 5.41) is 2.74. The molecule has 4 aliphatic carbocycles. The highest BCUT2D eigenvalue weighted by atomic mass is 79.9. The number of hydrogen-bond donors (Lipinski definition) is 1. The Bertz CT molecular complexity index is 535. The van der Waals surface area contributed by atoms with Crippen molar-refractivity contribution in [3.05, 3.63) is 0 Å². The molecule has 0 aromatic carbocycles. The molecule has 4 saturated carbocycles. The molecule has 3 atom stereocenters. The van der Waals surface area contributed by atoms with Crippen molar-refractivity contribution in [1.82, 2.24) is 10.2 Å². The molecule has 0 spiro atoms. The first-order valence-electron chi connectivity index (χ1n) is 9.59. The van der Waals surface area contributed by atoms with E-state index in [1.54, 1.807) is 7.05 Å². The molecular formula is C19H29BrN2O2. The summed E-state index contributed by atoms with van der Waals surface area (Å²) in [5.41, 5.74) is 0.227. The maximum Gasteiger partial charge on any atom is 0.224 e. The van der Waals surface area contributed by atoms with Gasteiger partial charge in [0, 0.05) is 30.9 Å². The van der Waals surface area contributed by atoms with Crippen LogP contribution in [0.15, 0.2) is 0 Å². The second kappa shape index (κ2) is 6.00. The molecular weight excluding hydrogens is 368 g/mol. The van der Waals surface area contributed by atoms with Gasteiger partial charge in [-0.05, 0) is 68.6 Å². The molecule has 5 heteroatoms. The van der Waals surface area contributed by atoms with Gasteiger partial charge in [0.2, 0.25) is 11.8 Å². The smallest absolute Gasteiger partial charge is 0.224 e. The predicted octanol–water partition coefficient (Wildman–Crippen LogP) is 3.10. The molecule has 24 heavy (non-hydrogen) atoms. The molecule has 3 unspecified atom stereocenters. The number of alkyl halides is 1. The van der Waals surface area contributed by atoms with Crippen molar-refractivity contribution < 1.29 is 9.59 Å². The number of halogens is 1. The molecule has 4 bridgehead atoms. The van der Waals surface area contributed by atoms with E-state index in [1.165, 1.54) is 38.5 Å². The fourth-order valence-corrected chi connectivity index (χ4v) is 8.11. The van der Waals surface area contributed by atoms with Gasteiger partial charge in [-0.2, -0.15) is 0 Å². The SMILES string of the molecule is CNC(=O)C1CCCN(C(=O)CC23CC4CC(CC(Br)(C4)C2)C3)C1. The molecule has 2 amide bonds. The van der Waals surface area contributed by atoms with Crippen molar-refractivity contribution in [2.45, 2.75) is 62.1 Å².